The number of likely N-dealkylation sites (N-methyl/N-ethyl adjacent to an activating group) is 1. The fraction of sp³-hybridized carbons (Fsp3) is 0.690. The van der Waals surface area contributed by atoms with Crippen molar-refractivity contribution in [3.8, 4) is 0 Å². The van der Waals surface area contributed by atoms with E-state index < -0.39 is 77.3 Å². The Labute approximate surface area is 331 Å². The van der Waals surface area contributed by atoms with Crippen molar-refractivity contribution in [3.05, 3.63) is 42.0 Å². The van der Waals surface area contributed by atoms with E-state index in [9.17, 15) is 24.6 Å². The lowest BCUT2D eigenvalue weighted by Crippen LogP contribution is -2.59. The summed E-state index contributed by atoms with van der Waals surface area (Å²) in [5.41, 5.74) is -1.43. The number of nitrogens with zero attached hydrogens (tertiary/aromatic N) is 3. The summed E-state index contributed by atoms with van der Waals surface area (Å²) in [7, 11) is 3.74. The molecule has 56 heavy (non-hydrogen) atoms. The molecule has 3 saturated heterocycles. The fourth-order valence-corrected chi connectivity index (χ4v) is 7.94. The Balaban J connectivity index is 1.87. The average molecular weight is 786 g/mol. The molecule has 0 radical (unpaired) electrons. The van der Waals surface area contributed by atoms with Gasteiger partial charge in [0.1, 0.15) is 36.0 Å². The highest BCUT2D eigenvalue weighted by Crippen LogP contribution is 2.39. The number of fused-ring (bicyclic) bond motifs is 5. The summed E-state index contributed by atoms with van der Waals surface area (Å²) in [6.45, 7) is 13.1. The van der Waals surface area contributed by atoms with Crippen LogP contribution in [0.15, 0.2) is 46.6 Å². The Hall–Kier alpha value is -3.37. The maximum absolute atomic E-state index is 14.4. The predicted molar refractivity (Wildman–Crippen MR) is 211 cm³/mol. The summed E-state index contributed by atoms with van der Waals surface area (Å²) in [5, 5.41) is 28.2. The molecule has 0 spiro atoms. The second kappa shape index (κ2) is 19.9. The number of benzene rings is 1. The van der Waals surface area contributed by atoms with Gasteiger partial charge >= 0.3 is 5.97 Å². The van der Waals surface area contributed by atoms with E-state index in [0.717, 1.165) is 5.56 Å². The standard InChI is InChI=1S/C42H63N3O11/c1-11-34-42(8,50)35-21-32(43-29(6)46)25(2)22-41(7,52-24-31(23-51-35)44-53-19-15-18-30-16-13-12-14-17-30)38(27(4)36(47)28(5)39(49)55-34)56-40-37(48)33(45(9)10)20-26(3)54-40/h12-18,25-28,33-35,37-38,40,48,50H,11,19-24H2,1-10H3/b18-15+,43-32?,44-31-/t25-,26-,27+,28-,33+,34-,35-,37-,38-,40+,41-,42-/m1/s1. The number of ether oxygens (including phenoxy) is 5. The van der Waals surface area contributed by atoms with Gasteiger partial charge in [-0.05, 0) is 78.6 Å². The van der Waals surface area contributed by atoms with Gasteiger partial charge in [-0.1, -0.05) is 62.3 Å². The topological polar surface area (TPSA) is 175 Å². The number of carbonyl (C=O) groups excluding carboxylic acids is 3. The molecule has 1 aromatic rings. The molecule has 14 heteroatoms. The first-order chi connectivity index (χ1) is 26.4. The minimum absolute atomic E-state index is 0.00608. The molecule has 4 rings (SSSR count). The Kier molecular flexibility index (Phi) is 16.1. The van der Waals surface area contributed by atoms with E-state index in [4.69, 9.17) is 28.5 Å². The lowest BCUT2D eigenvalue weighted by Gasteiger charge is -2.47. The van der Waals surface area contributed by atoms with Gasteiger partial charge in [-0.2, -0.15) is 0 Å². The van der Waals surface area contributed by atoms with Gasteiger partial charge in [-0.15, -0.1) is 0 Å². The first kappa shape index (κ1) is 45.3. The number of aliphatic hydroxyl groups is 2. The molecule has 12 atom stereocenters. The van der Waals surface area contributed by atoms with Crippen LogP contribution >= 0.6 is 0 Å². The van der Waals surface area contributed by atoms with E-state index in [0.29, 0.717) is 17.8 Å². The van der Waals surface area contributed by atoms with Crippen molar-refractivity contribution in [3.63, 3.8) is 0 Å². The quantitative estimate of drug-likeness (QED) is 0.165. The van der Waals surface area contributed by atoms with Crippen LogP contribution in [0.4, 0.5) is 0 Å². The normalized spacial score (nSPS) is 38.2. The highest BCUT2D eigenvalue weighted by molar-refractivity contribution is 6.00. The van der Waals surface area contributed by atoms with Crippen LogP contribution in [0.25, 0.3) is 6.08 Å². The molecule has 1 amide bonds. The number of carbonyl (C=O) groups is 3. The van der Waals surface area contributed by atoms with Crippen molar-refractivity contribution in [1.82, 2.24) is 4.90 Å². The molecule has 1 aromatic carbocycles. The van der Waals surface area contributed by atoms with E-state index in [1.54, 1.807) is 20.8 Å². The zero-order valence-electron chi connectivity index (χ0n) is 34.7. The molecule has 3 aliphatic heterocycles. The zero-order valence-corrected chi connectivity index (χ0v) is 34.7. The number of hydrogen-bond acceptors (Lipinski definition) is 13. The Morgan fingerprint density at radius 1 is 1.09 bits per heavy atom. The van der Waals surface area contributed by atoms with Gasteiger partial charge in [0, 0.05) is 31.0 Å². The highest BCUT2D eigenvalue weighted by atomic mass is 16.7. The predicted octanol–water partition coefficient (Wildman–Crippen LogP) is 4.39. The third-order valence-electron chi connectivity index (χ3n) is 11.2. The summed E-state index contributed by atoms with van der Waals surface area (Å²) in [5.74, 6) is -4.49. The molecule has 3 fully saturated rings. The summed E-state index contributed by atoms with van der Waals surface area (Å²) >= 11 is 0. The smallest absolute Gasteiger partial charge is 0.316 e. The van der Waals surface area contributed by atoms with Gasteiger partial charge in [0.2, 0.25) is 5.91 Å². The maximum Gasteiger partial charge on any atom is 0.316 e. The summed E-state index contributed by atoms with van der Waals surface area (Å²) < 4.78 is 32.1. The summed E-state index contributed by atoms with van der Waals surface area (Å²) in [4.78, 5) is 52.8. The Morgan fingerprint density at radius 3 is 2.43 bits per heavy atom. The molecule has 312 valence electrons. The van der Waals surface area contributed by atoms with Gasteiger partial charge in [0.15, 0.2) is 12.1 Å². The Morgan fingerprint density at radius 2 is 1.79 bits per heavy atom. The summed E-state index contributed by atoms with van der Waals surface area (Å²) in [6, 6.07) is 9.43. The molecule has 0 unspecified atom stereocenters. The molecule has 0 saturated carbocycles. The van der Waals surface area contributed by atoms with Crippen LogP contribution in [0.3, 0.4) is 0 Å². The number of aliphatic hydroxyl groups excluding tert-OH is 1. The molecule has 3 aliphatic rings. The van der Waals surface area contributed by atoms with Crippen LogP contribution in [0.5, 0.6) is 0 Å². The fourth-order valence-electron chi connectivity index (χ4n) is 7.94. The Bertz CT molecular complexity index is 1580. The van der Waals surface area contributed by atoms with Crippen LogP contribution in [0.1, 0.15) is 86.6 Å². The first-order valence-electron chi connectivity index (χ1n) is 19.7. The number of oxime groups is 1. The van der Waals surface area contributed by atoms with Gasteiger partial charge in [0.05, 0.1) is 37.1 Å². The molecule has 0 aromatic heterocycles. The SMILES string of the molecule is CC[C@H]1OC(=O)[C@H](C)C(=O)[C@H](C)[C@@H](O[C@@H]2O[C@H](C)C[C@H](N(C)C)[C@H]2O)[C@@]2(C)C[C@@H](C)C(=NC(C)=O)C[C@@H](OC/C(=N/OC/C=C/c3ccccc3)CO2)[C@]1(C)O. The monoisotopic (exact) mass is 785 g/mol. The third kappa shape index (κ3) is 11.4. The van der Waals surface area contributed by atoms with Crippen molar-refractivity contribution in [1.29, 1.82) is 0 Å². The average Bonchev–Trinajstić information content (AvgIpc) is 3.16. The second-order valence-electron chi connectivity index (χ2n) is 16.2. The van der Waals surface area contributed by atoms with Gasteiger partial charge in [0.25, 0.3) is 0 Å². The van der Waals surface area contributed by atoms with E-state index in [1.165, 1.54) is 20.8 Å². The number of cyclic esters (lactones) is 1. The van der Waals surface area contributed by atoms with E-state index in [1.807, 2.05) is 75.3 Å². The molecular formula is C42H63N3O11. The molecular weight excluding hydrogens is 722 g/mol. The van der Waals surface area contributed by atoms with E-state index in [-0.39, 0.29) is 51.2 Å². The zero-order chi connectivity index (χ0) is 41.4. The first-order valence-corrected chi connectivity index (χ1v) is 19.7. The largest absolute Gasteiger partial charge is 0.459 e. The van der Waals surface area contributed by atoms with E-state index >= 15 is 0 Å². The third-order valence-corrected chi connectivity index (χ3v) is 11.2. The van der Waals surface area contributed by atoms with Gasteiger partial charge in [-0.3, -0.25) is 14.4 Å². The minimum Gasteiger partial charge on any atom is -0.459 e. The van der Waals surface area contributed by atoms with Crippen molar-refractivity contribution >= 4 is 35.2 Å². The molecule has 14 nitrogen and oxygen atoms in total. The molecule has 2 bridgehead atoms. The van der Waals surface area contributed by atoms with Crippen molar-refractivity contribution < 1.29 is 53.1 Å². The minimum atomic E-state index is -1.80. The second-order valence-corrected chi connectivity index (χ2v) is 16.2. The number of esters is 1. The molecule has 0 aliphatic carbocycles. The van der Waals surface area contributed by atoms with Crippen LogP contribution in [-0.4, -0.2) is 132 Å². The van der Waals surface area contributed by atoms with Crippen LogP contribution in [0, 0.1) is 17.8 Å². The van der Waals surface area contributed by atoms with Crippen LogP contribution < -0.4 is 0 Å². The number of hydrogen-bond donors (Lipinski definition) is 2. The molecule has 2 N–H and O–H groups in total. The lowest BCUT2D eigenvalue weighted by molar-refractivity contribution is -0.296. The van der Waals surface area contributed by atoms with Gasteiger partial charge < -0.3 is 43.6 Å². The maximum atomic E-state index is 14.4. The number of rotatable bonds is 8. The number of amides is 1. The van der Waals surface area contributed by atoms with E-state index in [2.05, 4.69) is 10.1 Å². The summed E-state index contributed by atoms with van der Waals surface area (Å²) in [6.07, 6.45) is -1.17. The number of Topliss-reactive ketones (excluding diaryl/α,β-unsaturated/α-hetero) is 1. The van der Waals surface area contributed by atoms with Crippen molar-refractivity contribution in [2.24, 2.45) is 27.9 Å². The molecule has 3 heterocycles. The highest BCUT2D eigenvalue weighted by Gasteiger charge is 2.51. The van der Waals surface area contributed by atoms with Gasteiger partial charge in [-0.25, -0.2) is 4.99 Å². The van der Waals surface area contributed by atoms with Crippen LogP contribution in [-0.2, 0) is 42.9 Å². The van der Waals surface area contributed by atoms with Crippen molar-refractivity contribution in [2.75, 3.05) is 33.9 Å². The number of aliphatic imine (C=N–C) groups is 1. The number of ketones is 1. The van der Waals surface area contributed by atoms with Crippen molar-refractivity contribution in [2.45, 2.75) is 135 Å². The lowest BCUT2D eigenvalue weighted by atomic mass is 9.76. The van der Waals surface area contributed by atoms with Crippen LogP contribution in [0.2, 0.25) is 0 Å².